The Kier molecular flexibility index (Phi) is 5.34. The van der Waals surface area contributed by atoms with Crippen LogP contribution in [-0.4, -0.2) is 48.2 Å². The molecule has 1 aliphatic rings. The van der Waals surface area contributed by atoms with Gasteiger partial charge in [0.05, 0.1) is 6.04 Å². The molecule has 1 fully saturated rings. The van der Waals surface area contributed by atoms with Gasteiger partial charge in [0.15, 0.2) is 0 Å². The summed E-state index contributed by atoms with van der Waals surface area (Å²) >= 11 is 0. The van der Waals surface area contributed by atoms with Crippen LogP contribution >= 0.6 is 0 Å². The fourth-order valence-electron chi connectivity index (χ4n) is 3.28. The highest BCUT2D eigenvalue weighted by molar-refractivity contribution is 5.94. The van der Waals surface area contributed by atoms with Crippen molar-refractivity contribution >= 4 is 5.91 Å². The highest BCUT2D eigenvalue weighted by Crippen LogP contribution is 2.34. The summed E-state index contributed by atoms with van der Waals surface area (Å²) in [6, 6.07) is 5.12. The van der Waals surface area contributed by atoms with E-state index in [0.717, 1.165) is 12.0 Å². The van der Waals surface area contributed by atoms with E-state index in [2.05, 4.69) is 0 Å². The summed E-state index contributed by atoms with van der Waals surface area (Å²) in [6.45, 7) is 1.83. The lowest BCUT2D eigenvalue weighted by atomic mass is 9.88. The maximum atomic E-state index is 13.6. The molecule has 1 amide bonds. The molecule has 0 spiro atoms. The summed E-state index contributed by atoms with van der Waals surface area (Å²) in [5.74, 6) is -0.962. The van der Waals surface area contributed by atoms with Crippen LogP contribution in [0, 0.1) is 6.92 Å². The predicted octanol–water partition coefficient (Wildman–Crippen LogP) is 3.83. The second kappa shape index (κ2) is 6.91. The van der Waals surface area contributed by atoms with E-state index in [4.69, 9.17) is 0 Å². The van der Waals surface area contributed by atoms with Gasteiger partial charge >= 0.3 is 6.30 Å². The van der Waals surface area contributed by atoms with Gasteiger partial charge in [-0.25, -0.2) is 4.90 Å². The minimum atomic E-state index is -4.68. The first kappa shape index (κ1) is 17.8. The van der Waals surface area contributed by atoms with E-state index < -0.39 is 18.2 Å². The van der Waals surface area contributed by atoms with Crippen LogP contribution in [0.15, 0.2) is 24.3 Å². The number of likely N-dealkylation sites (N-methyl/N-ethyl adjacent to an activating group) is 1. The topological polar surface area (TPSA) is 23.6 Å². The first-order valence-corrected chi connectivity index (χ1v) is 7.85. The number of nitrogens with zero attached hydrogens (tertiary/aromatic N) is 2. The quantitative estimate of drug-likeness (QED) is 0.787. The maximum absolute atomic E-state index is 13.6. The van der Waals surface area contributed by atoms with Crippen molar-refractivity contribution < 1.29 is 18.0 Å². The first-order valence-electron chi connectivity index (χ1n) is 7.85. The van der Waals surface area contributed by atoms with Gasteiger partial charge in [0.2, 0.25) is 0 Å². The third-order valence-electron chi connectivity index (χ3n) is 4.48. The largest absolute Gasteiger partial charge is 0.487 e. The number of rotatable bonds is 3. The van der Waals surface area contributed by atoms with Crippen molar-refractivity contribution in [2.24, 2.45) is 0 Å². The molecule has 1 aromatic carbocycles. The Balaban J connectivity index is 2.36. The number of amides is 1. The molecule has 2 atom stereocenters. The zero-order valence-electron chi connectivity index (χ0n) is 13.7. The normalized spacial score (nSPS) is 22.2. The Bertz CT molecular complexity index is 540. The van der Waals surface area contributed by atoms with E-state index in [1.54, 1.807) is 31.1 Å². The summed E-state index contributed by atoms with van der Waals surface area (Å²) in [5, 5.41) is 0. The molecule has 0 unspecified atom stereocenters. The summed E-state index contributed by atoms with van der Waals surface area (Å²) in [4.78, 5) is 14.5. The van der Waals surface area contributed by atoms with Crippen molar-refractivity contribution in [1.29, 1.82) is 0 Å². The summed E-state index contributed by atoms with van der Waals surface area (Å²) < 4.78 is 40.9. The molecule has 6 heteroatoms. The molecule has 0 aliphatic heterocycles. The second-order valence-electron chi connectivity index (χ2n) is 6.39. The fourth-order valence-corrected chi connectivity index (χ4v) is 3.28. The lowest BCUT2D eigenvalue weighted by molar-refractivity contribution is -0.243. The molecular formula is C17H23F3N2O. The Morgan fingerprint density at radius 2 is 1.57 bits per heavy atom. The van der Waals surface area contributed by atoms with Gasteiger partial charge in [-0.05, 0) is 46.0 Å². The van der Waals surface area contributed by atoms with Crippen molar-refractivity contribution in [3.63, 3.8) is 0 Å². The average Bonchev–Trinajstić information content (AvgIpc) is 2.47. The van der Waals surface area contributed by atoms with E-state index in [0.29, 0.717) is 19.3 Å². The van der Waals surface area contributed by atoms with E-state index in [9.17, 15) is 18.0 Å². The fraction of sp³-hybridized carbons (Fsp3) is 0.588. The first-order chi connectivity index (χ1) is 10.7. The van der Waals surface area contributed by atoms with Crippen molar-refractivity contribution in [3.05, 3.63) is 35.4 Å². The van der Waals surface area contributed by atoms with E-state index >= 15 is 0 Å². The lowest BCUT2D eigenvalue weighted by Crippen LogP contribution is -2.58. The number of aryl methyl sites for hydroxylation is 1. The number of halogens is 3. The number of carbonyl (C=O) groups is 1. The number of alkyl halides is 3. The van der Waals surface area contributed by atoms with Crippen LogP contribution in [0.25, 0.3) is 0 Å². The smallest absolute Gasteiger partial charge is 0.304 e. The molecule has 23 heavy (non-hydrogen) atoms. The van der Waals surface area contributed by atoms with Crippen LogP contribution in [0.1, 0.15) is 41.6 Å². The molecule has 1 aliphatic carbocycles. The van der Waals surface area contributed by atoms with Crippen LogP contribution < -0.4 is 0 Å². The van der Waals surface area contributed by atoms with Gasteiger partial charge < -0.3 is 4.90 Å². The predicted molar refractivity (Wildman–Crippen MR) is 83.1 cm³/mol. The molecule has 0 saturated heterocycles. The molecule has 0 heterocycles. The molecule has 1 aromatic rings. The van der Waals surface area contributed by atoms with Gasteiger partial charge in [-0.1, -0.05) is 30.5 Å². The minimum absolute atomic E-state index is 0.0796. The SMILES string of the molecule is Cc1ccc(C(=O)N([C@@H]2CCCC[C@H]2N(C)C)C(F)(F)F)cc1. The van der Waals surface area contributed by atoms with Crippen LogP contribution in [0.2, 0.25) is 0 Å². The Morgan fingerprint density at radius 3 is 2.04 bits per heavy atom. The highest BCUT2D eigenvalue weighted by Gasteiger charge is 2.48. The third-order valence-corrected chi connectivity index (χ3v) is 4.48. The number of hydrogen-bond donors (Lipinski definition) is 0. The highest BCUT2D eigenvalue weighted by atomic mass is 19.4. The molecule has 1 saturated carbocycles. The summed E-state index contributed by atoms with van der Waals surface area (Å²) in [6.07, 6.45) is -2.03. The van der Waals surface area contributed by atoms with Gasteiger partial charge in [0, 0.05) is 11.6 Å². The number of hydrogen-bond acceptors (Lipinski definition) is 2. The van der Waals surface area contributed by atoms with E-state index in [1.807, 2.05) is 6.92 Å². The Labute approximate surface area is 135 Å². The molecule has 0 aromatic heterocycles. The van der Waals surface area contributed by atoms with Crippen LogP contribution in [0.4, 0.5) is 13.2 Å². The van der Waals surface area contributed by atoms with Crippen molar-refractivity contribution in [2.45, 2.75) is 51.0 Å². The number of carbonyl (C=O) groups excluding carboxylic acids is 1. The molecule has 0 bridgehead atoms. The zero-order valence-corrected chi connectivity index (χ0v) is 13.7. The van der Waals surface area contributed by atoms with Crippen molar-refractivity contribution in [1.82, 2.24) is 9.80 Å². The molecule has 0 N–H and O–H groups in total. The molecule has 128 valence electrons. The van der Waals surface area contributed by atoms with Crippen LogP contribution in [-0.2, 0) is 0 Å². The van der Waals surface area contributed by atoms with Gasteiger partial charge in [0.1, 0.15) is 0 Å². The zero-order chi connectivity index (χ0) is 17.2. The van der Waals surface area contributed by atoms with E-state index in [-0.39, 0.29) is 16.5 Å². The van der Waals surface area contributed by atoms with E-state index in [1.165, 1.54) is 12.1 Å². The van der Waals surface area contributed by atoms with Crippen molar-refractivity contribution in [2.75, 3.05) is 14.1 Å². The summed E-state index contributed by atoms with van der Waals surface area (Å²) in [5.41, 5.74) is 0.986. The monoisotopic (exact) mass is 328 g/mol. The molecule has 2 rings (SSSR count). The summed E-state index contributed by atoms with van der Waals surface area (Å²) in [7, 11) is 3.54. The molecule has 3 nitrogen and oxygen atoms in total. The molecular weight excluding hydrogens is 305 g/mol. The Hall–Kier alpha value is -1.56. The van der Waals surface area contributed by atoms with Crippen LogP contribution in [0.3, 0.4) is 0 Å². The standard InChI is InChI=1S/C17H23F3N2O/c1-12-8-10-13(11-9-12)16(23)22(17(18,19)20)15-7-5-4-6-14(15)21(2)3/h8-11,14-15H,4-7H2,1-3H3/t14-,15-/m1/s1. The minimum Gasteiger partial charge on any atom is -0.304 e. The third kappa shape index (κ3) is 4.05. The maximum Gasteiger partial charge on any atom is 0.487 e. The lowest BCUT2D eigenvalue weighted by Gasteiger charge is -2.43. The van der Waals surface area contributed by atoms with Crippen LogP contribution in [0.5, 0.6) is 0 Å². The average molecular weight is 328 g/mol. The number of benzene rings is 1. The second-order valence-corrected chi connectivity index (χ2v) is 6.39. The Morgan fingerprint density at radius 1 is 1.04 bits per heavy atom. The van der Waals surface area contributed by atoms with Gasteiger partial charge in [0.25, 0.3) is 5.91 Å². The van der Waals surface area contributed by atoms with Gasteiger partial charge in [-0.15, -0.1) is 13.2 Å². The van der Waals surface area contributed by atoms with Gasteiger partial charge in [-0.2, -0.15) is 0 Å². The van der Waals surface area contributed by atoms with Crippen molar-refractivity contribution in [3.8, 4) is 0 Å². The molecule has 0 radical (unpaired) electrons. The van der Waals surface area contributed by atoms with Gasteiger partial charge in [-0.3, -0.25) is 4.79 Å².